The third kappa shape index (κ3) is 3.11. The monoisotopic (exact) mass is 288 g/mol. The maximum absolute atomic E-state index is 8.52. The van der Waals surface area contributed by atoms with Gasteiger partial charge in [0.05, 0.1) is 18.7 Å². The van der Waals surface area contributed by atoms with Crippen LogP contribution in [0.2, 0.25) is 0 Å². The van der Waals surface area contributed by atoms with Gasteiger partial charge in [-0.2, -0.15) is 5.26 Å². The highest BCUT2D eigenvalue weighted by Gasteiger charge is 2.14. The van der Waals surface area contributed by atoms with Gasteiger partial charge in [0.25, 0.3) is 0 Å². The Labute approximate surface area is 122 Å². The first-order valence-corrected chi connectivity index (χ1v) is 7.29. The van der Waals surface area contributed by atoms with Crippen molar-refractivity contribution in [2.24, 2.45) is 7.05 Å². The van der Waals surface area contributed by atoms with E-state index in [0.717, 1.165) is 34.5 Å². The van der Waals surface area contributed by atoms with Crippen molar-refractivity contribution < 1.29 is 4.74 Å². The molecule has 0 atom stereocenters. The molecule has 0 aliphatic rings. The van der Waals surface area contributed by atoms with Crippen LogP contribution < -0.4 is 4.74 Å². The number of hydrogen-bond acceptors (Lipinski definition) is 5. The summed E-state index contributed by atoms with van der Waals surface area (Å²) < 4.78 is 7.31. The zero-order chi connectivity index (χ0) is 14.4. The van der Waals surface area contributed by atoms with E-state index >= 15 is 0 Å². The lowest BCUT2D eigenvalue weighted by molar-refractivity contribution is 0.416. The Morgan fingerprint density at radius 1 is 1.35 bits per heavy atom. The summed E-state index contributed by atoms with van der Waals surface area (Å²) in [5, 5.41) is 17.8. The zero-order valence-electron chi connectivity index (χ0n) is 11.5. The standard InChI is InChI=1S/C14H16N4OS/c1-18-13(11-7-3-4-8-12(11)19-2)16-17-14(18)20-10-6-5-9-15/h3-4,7-8H,5-6,10H2,1-2H3. The number of thioether (sulfide) groups is 1. The van der Waals surface area contributed by atoms with Gasteiger partial charge in [-0.25, -0.2) is 0 Å². The molecule has 0 bridgehead atoms. The third-order valence-electron chi connectivity index (χ3n) is 2.85. The van der Waals surface area contributed by atoms with Crippen molar-refractivity contribution in [2.45, 2.75) is 18.0 Å². The lowest BCUT2D eigenvalue weighted by Crippen LogP contribution is -1.97. The van der Waals surface area contributed by atoms with Crippen LogP contribution >= 0.6 is 11.8 Å². The second-order valence-electron chi connectivity index (χ2n) is 4.18. The first-order chi connectivity index (χ1) is 9.77. The van der Waals surface area contributed by atoms with Crippen molar-refractivity contribution in [2.75, 3.05) is 12.9 Å². The number of nitrogens with zero attached hydrogens (tertiary/aromatic N) is 4. The van der Waals surface area contributed by atoms with Crippen molar-refractivity contribution in [1.82, 2.24) is 14.8 Å². The number of methoxy groups -OCH3 is 1. The van der Waals surface area contributed by atoms with Gasteiger partial charge < -0.3 is 9.30 Å². The molecule has 0 unspecified atom stereocenters. The van der Waals surface area contributed by atoms with Crippen LogP contribution in [0.4, 0.5) is 0 Å². The fourth-order valence-electron chi connectivity index (χ4n) is 1.82. The molecule has 0 saturated heterocycles. The largest absolute Gasteiger partial charge is 0.496 e. The van der Waals surface area contributed by atoms with Crippen molar-refractivity contribution in [3.63, 3.8) is 0 Å². The lowest BCUT2D eigenvalue weighted by Gasteiger charge is -2.07. The molecule has 0 fully saturated rings. The van der Waals surface area contributed by atoms with Crippen LogP contribution in [0.1, 0.15) is 12.8 Å². The molecule has 104 valence electrons. The van der Waals surface area contributed by atoms with Gasteiger partial charge in [-0.1, -0.05) is 23.9 Å². The average molecular weight is 288 g/mol. The van der Waals surface area contributed by atoms with Crippen LogP contribution in [0.25, 0.3) is 11.4 Å². The molecule has 0 radical (unpaired) electrons. The highest BCUT2D eigenvalue weighted by Crippen LogP contribution is 2.30. The molecule has 0 N–H and O–H groups in total. The normalized spacial score (nSPS) is 10.2. The van der Waals surface area contributed by atoms with E-state index in [0.29, 0.717) is 6.42 Å². The van der Waals surface area contributed by atoms with Crippen LogP contribution in [-0.4, -0.2) is 27.6 Å². The number of nitriles is 1. The van der Waals surface area contributed by atoms with Crippen LogP contribution in [-0.2, 0) is 7.05 Å². The zero-order valence-corrected chi connectivity index (χ0v) is 12.4. The SMILES string of the molecule is COc1ccccc1-c1nnc(SCCCC#N)n1C. The summed E-state index contributed by atoms with van der Waals surface area (Å²) in [7, 11) is 3.58. The van der Waals surface area contributed by atoms with Crippen molar-refractivity contribution in [3.05, 3.63) is 24.3 Å². The van der Waals surface area contributed by atoms with Crippen LogP contribution in [0, 0.1) is 11.3 Å². The second-order valence-corrected chi connectivity index (χ2v) is 5.24. The third-order valence-corrected chi connectivity index (χ3v) is 3.95. The van der Waals surface area contributed by atoms with E-state index in [2.05, 4.69) is 16.3 Å². The molecule has 0 spiro atoms. The summed E-state index contributed by atoms with van der Waals surface area (Å²) in [5.74, 6) is 2.43. The van der Waals surface area contributed by atoms with Gasteiger partial charge in [-0.3, -0.25) is 0 Å². The van der Waals surface area contributed by atoms with Crippen LogP contribution in [0.5, 0.6) is 5.75 Å². The minimum Gasteiger partial charge on any atom is -0.496 e. The fourth-order valence-corrected chi connectivity index (χ4v) is 2.67. The molecule has 0 amide bonds. The quantitative estimate of drug-likeness (QED) is 0.604. The summed E-state index contributed by atoms with van der Waals surface area (Å²) in [4.78, 5) is 0. The Kier molecular flexibility index (Phi) is 5.02. The van der Waals surface area contributed by atoms with Gasteiger partial charge in [-0.15, -0.1) is 10.2 Å². The Morgan fingerprint density at radius 3 is 2.90 bits per heavy atom. The van der Waals surface area contributed by atoms with Crippen molar-refractivity contribution in [3.8, 4) is 23.2 Å². The van der Waals surface area contributed by atoms with Gasteiger partial charge in [0.2, 0.25) is 0 Å². The van der Waals surface area contributed by atoms with E-state index in [4.69, 9.17) is 10.00 Å². The molecule has 0 aliphatic carbocycles. The molecule has 5 nitrogen and oxygen atoms in total. The number of ether oxygens (including phenoxy) is 1. The van der Waals surface area contributed by atoms with E-state index in [1.165, 1.54) is 0 Å². The first kappa shape index (κ1) is 14.4. The van der Waals surface area contributed by atoms with Gasteiger partial charge >= 0.3 is 0 Å². The lowest BCUT2D eigenvalue weighted by atomic mass is 10.2. The molecular formula is C14H16N4OS. The summed E-state index contributed by atoms with van der Waals surface area (Å²) in [6.07, 6.45) is 1.43. The highest BCUT2D eigenvalue weighted by atomic mass is 32.2. The number of unbranched alkanes of at least 4 members (excludes halogenated alkanes) is 1. The predicted molar refractivity (Wildman–Crippen MR) is 78.6 cm³/mol. The van der Waals surface area contributed by atoms with E-state index in [1.807, 2.05) is 35.9 Å². The summed E-state index contributed by atoms with van der Waals surface area (Å²) >= 11 is 1.61. The highest BCUT2D eigenvalue weighted by molar-refractivity contribution is 7.99. The van der Waals surface area contributed by atoms with Gasteiger partial charge in [0, 0.05) is 19.2 Å². The molecule has 0 aliphatic heterocycles. The van der Waals surface area contributed by atoms with E-state index in [9.17, 15) is 0 Å². The van der Waals surface area contributed by atoms with Gasteiger partial charge in [0.15, 0.2) is 11.0 Å². The molecule has 1 heterocycles. The maximum atomic E-state index is 8.52. The maximum Gasteiger partial charge on any atom is 0.191 e. The summed E-state index contributed by atoms with van der Waals surface area (Å²) in [6.45, 7) is 0. The van der Waals surface area contributed by atoms with Gasteiger partial charge in [-0.05, 0) is 18.6 Å². The number of hydrogen-bond donors (Lipinski definition) is 0. The summed E-state index contributed by atoms with van der Waals surface area (Å²) in [6, 6.07) is 9.89. The smallest absolute Gasteiger partial charge is 0.191 e. The Bertz CT molecular complexity index is 618. The Balaban J connectivity index is 2.18. The van der Waals surface area contributed by atoms with Gasteiger partial charge in [0.1, 0.15) is 5.75 Å². The summed E-state index contributed by atoms with van der Waals surface area (Å²) in [5.41, 5.74) is 0.925. The van der Waals surface area contributed by atoms with Crippen LogP contribution in [0.3, 0.4) is 0 Å². The molecule has 20 heavy (non-hydrogen) atoms. The fraction of sp³-hybridized carbons (Fsp3) is 0.357. The molecule has 1 aromatic carbocycles. The minimum absolute atomic E-state index is 0.574. The molecule has 6 heteroatoms. The van der Waals surface area contributed by atoms with Crippen molar-refractivity contribution >= 4 is 11.8 Å². The molecule has 2 aromatic rings. The second kappa shape index (κ2) is 6.96. The number of rotatable bonds is 6. The van der Waals surface area contributed by atoms with E-state index < -0.39 is 0 Å². The average Bonchev–Trinajstić information content (AvgIpc) is 2.85. The number of aromatic nitrogens is 3. The first-order valence-electron chi connectivity index (χ1n) is 6.30. The molecule has 2 rings (SSSR count). The minimum atomic E-state index is 0.574. The Hall–Kier alpha value is -2.00. The topological polar surface area (TPSA) is 63.7 Å². The molecular weight excluding hydrogens is 272 g/mol. The Morgan fingerprint density at radius 2 is 2.15 bits per heavy atom. The van der Waals surface area contributed by atoms with E-state index in [-0.39, 0.29) is 0 Å². The van der Waals surface area contributed by atoms with Crippen molar-refractivity contribution in [1.29, 1.82) is 5.26 Å². The van der Waals surface area contributed by atoms with E-state index in [1.54, 1.807) is 18.9 Å². The van der Waals surface area contributed by atoms with Crippen LogP contribution in [0.15, 0.2) is 29.4 Å². The predicted octanol–water partition coefficient (Wildman–Crippen LogP) is 2.89. The number of para-hydroxylation sites is 1. The molecule has 0 saturated carbocycles. The molecule has 1 aromatic heterocycles. The number of benzene rings is 1.